The lowest BCUT2D eigenvalue weighted by Gasteiger charge is -2.24. The molecule has 0 saturated carbocycles. The summed E-state index contributed by atoms with van der Waals surface area (Å²) in [5.74, 6) is -0.0653. The number of anilines is 2. The molecule has 1 atom stereocenters. The average Bonchev–Trinajstić information content (AvgIpc) is 3.24. The number of carbonyl (C=O) groups excluding carboxylic acids is 1. The summed E-state index contributed by atoms with van der Waals surface area (Å²) in [6.45, 7) is 0.963. The Balaban J connectivity index is 1.61. The van der Waals surface area contributed by atoms with Gasteiger partial charge >= 0.3 is 0 Å². The van der Waals surface area contributed by atoms with Crippen LogP contribution in [0.1, 0.15) is 24.2 Å². The van der Waals surface area contributed by atoms with Crippen LogP contribution in [0.5, 0.6) is 0 Å². The third-order valence-electron chi connectivity index (χ3n) is 5.49. The molecule has 27 heavy (non-hydrogen) atoms. The van der Waals surface area contributed by atoms with Crippen LogP contribution in [0.25, 0.3) is 10.9 Å². The van der Waals surface area contributed by atoms with E-state index in [1.165, 1.54) is 0 Å². The summed E-state index contributed by atoms with van der Waals surface area (Å²) in [7, 11) is 0. The van der Waals surface area contributed by atoms with Gasteiger partial charge in [-0.25, -0.2) is 18.7 Å². The highest BCUT2D eigenvalue weighted by Gasteiger charge is 2.51. The third-order valence-corrected chi connectivity index (χ3v) is 5.49. The number of halogens is 2. The number of fused-ring (bicyclic) bond motifs is 3. The minimum absolute atomic E-state index is 0.0429. The summed E-state index contributed by atoms with van der Waals surface area (Å²) in [6, 6.07) is 14.8. The molecular formula is C20H16F2N4O. The van der Waals surface area contributed by atoms with Crippen LogP contribution in [0.15, 0.2) is 48.5 Å². The predicted octanol–water partition coefficient (Wildman–Crippen LogP) is 3.67. The van der Waals surface area contributed by atoms with Crippen molar-refractivity contribution >= 4 is 28.3 Å². The number of hydrogen-bond acceptors (Lipinski definition) is 4. The van der Waals surface area contributed by atoms with Crippen LogP contribution in [-0.2, 0) is 10.2 Å². The van der Waals surface area contributed by atoms with E-state index in [-0.39, 0.29) is 5.91 Å². The van der Waals surface area contributed by atoms with Gasteiger partial charge in [-0.2, -0.15) is 0 Å². The summed E-state index contributed by atoms with van der Waals surface area (Å²) < 4.78 is 26.6. The lowest BCUT2D eigenvalue weighted by Crippen LogP contribution is -2.37. The van der Waals surface area contributed by atoms with Crippen LogP contribution in [0.2, 0.25) is 0 Å². The smallest absolute Gasteiger partial charge is 0.297 e. The molecule has 2 aliphatic heterocycles. The molecule has 5 nitrogen and oxygen atoms in total. The first-order chi connectivity index (χ1) is 13.1. The van der Waals surface area contributed by atoms with Crippen LogP contribution in [0.4, 0.5) is 20.3 Å². The maximum Gasteiger partial charge on any atom is 0.297 e. The number of nitrogens with one attached hydrogen (secondary N) is 1. The molecule has 0 radical (unpaired) electrons. The van der Waals surface area contributed by atoms with Gasteiger partial charge in [-0.3, -0.25) is 4.79 Å². The fourth-order valence-corrected chi connectivity index (χ4v) is 4.19. The molecule has 1 amide bonds. The fraction of sp³-hybridized carbons (Fsp3) is 0.250. The molecule has 7 heteroatoms. The summed E-state index contributed by atoms with van der Waals surface area (Å²) in [5, 5.41) is 3.66. The van der Waals surface area contributed by atoms with Crippen molar-refractivity contribution in [3.05, 3.63) is 59.9 Å². The van der Waals surface area contributed by atoms with Gasteiger partial charge in [0.25, 0.3) is 6.43 Å². The van der Waals surface area contributed by atoms with Gasteiger partial charge in [0.2, 0.25) is 5.91 Å². The Labute approximate surface area is 154 Å². The maximum absolute atomic E-state index is 13.3. The number of benzene rings is 2. The van der Waals surface area contributed by atoms with E-state index in [2.05, 4.69) is 15.3 Å². The normalized spacial score (nSPS) is 21.3. The molecule has 2 aromatic carbocycles. The fourth-order valence-electron chi connectivity index (χ4n) is 4.19. The molecule has 136 valence electrons. The second-order valence-electron chi connectivity index (χ2n) is 6.98. The summed E-state index contributed by atoms with van der Waals surface area (Å²) in [4.78, 5) is 22.8. The molecule has 1 fully saturated rings. The Morgan fingerprint density at radius 1 is 1.07 bits per heavy atom. The van der Waals surface area contributed by atoms with Crippen molar-refractivity contribution in [2.45, 2.75) is 18.3 Å². The van der Waals surface area contributed by atoms with Crippen molar-refractivity contribution in [3.63, 3.8) is 0 Å². The van der Waals surface area contributed by atoms with Crippen molar-refractivity contribution in [2.24, 2.45) is 0 Å². The molecular weight excluding hydrogens is 350 g/mol. The van der Waals surface area contributed by atoms with Crippen LogP contribution in [-0.4, -0.2) is 29.0 Å². The molecule has 1 spiro atoms. The zero-order valence-electron chi connectivity index (χ0n) is 14.3. The van der Waals surface area contributed by atoms with Crippen LogP contribution in [0, 0.1) is 0 Å². The van der Waals surface area contributed by atoms with Crippen molar-refractivity contribution < 1.29 is 13.6 Å². The van der Waals surface area contributed by atoms with E-state index in [1.807, 2.05) is 41.3 Å². The quantitative estimate of drug-likeness (QED) is 0.752. The predicted molar refractivity (Wildman–Crippen MR) is 98.1 cm³/mol. The summed E-state index contributed by atoms with van der Waals surface area (Å²) in [5.41, 5.74) is 1.60. The molecule has 5 rings (SSSR count). The Hall–Kier alpha value is -3.09. The zero-order valence-corrected chi connectivity index (χ0v) is 14.3. The van der Waals surface area contributed by atoms with Crippen molar-refractivity contribution in [2.75, 3.05) is 23.3 Å². The Bertz CT molecular complexity index is 1070. The standard InChI is InChI=1S/C20H16F2N4O/c21-16(22)17-23-14-7-3-1-5-12(14)18(25-17)26-10-9-20(11-26)13-6-2-4-8-15(13)24-19(20)27/h1-8,16H,9-11H2,(H,24,27). The Morgan fingerprint density at radius 3 is 2.70 bits per heavy atom. The minimum Gasteiger partial charge on any atom is -0.355 e. The topological polar surface area (TPSA) is 58.1 Å². The van der Waals surface area contributed by atoms with E-state index >= 15 is 0 Å². The second-order valence-corrected chi connectivity index (χ2v) is 6.98. The molecule has 1 unspecified atom stereocenters. The number of aromatic nitrogens is 2. The summed E-state index contributed by atoms with van der Waals surface area (Å²) in [6.07, 6.45) is -2.14. The van der Waals surface area contributed by atoms with Gasteiger partial charge in [0.05, 0.1) is 10.9 Å². The van der Waals surface area contributed by atoms with Gasteiger partial charge in [-0.05, 0) is 30.2 Å². The Kier molecular flexibility index (Phi) is 3.40. The molecule has 2 aliphatic rings. The molecule has 1 N–H and O–H groups in total. The molecule has 1 saturated heterocycles. The van der Waals surface area contributed by atoms with E-state index < -0.39 is 17.7 Å². The lowest BCUT2D eigenvalue weighted by atomic mass is 9.81. The zero-order chi connectivity index (χ0) is 18.6. The number of hydrogen-bond donors (Lipinski definition) is 1. The highest BCUT2D eigenvalue weighted by Crippen LogP contribution is 2.45. The third kappa shape index (κ3) is 2.31. The van der Waals surface area contributed by atoms with Gasteiger partial charge in [0, 0.05) is 24.2 Å². The molecule has 0 aliphatic carbocycles. The molecule has 3 heterocycles. The van der Waals surface area contributed by atoms with Gasteiger partial charge in [-0.1, -0.05) is 30.3 Å². The number of carbonyl (C=O) groups is 1. The van der Waals surface area contributed by atoms with E-state index in [1.54, 1.807) is 12.1 Å². The van der Waals surface area contributed by atoms with E-state index in [0.29, 0.717) is 36.2 Å². The molecule has 3 aromatic rings. The van der Waals surface area contributed by atoms with Gasteiger partial charge in [0.15, 0.2) is 5.82 Å². The van der Waals surface area contributed by atoms with Gasteiger partial charge in [0.1, 0.15) is 5.82 Å². The summed E-state index contributed by atoms with van der Waals surface area (Å²) >= 11 is 0. The first-order valence-electron chi connectivity index (χ1n) is 8.79. The van der Waals surface area contributed by atoms with Gasteiger partial charge in [-0.15, -0.1) is 0 Å². The number of nitrogens with zero attached hydrogens (tertiary/aromatic N) is 3. The number of amides is 1. The highest BCUT2D eigenvalue weighted by atomic mass is 19.3. The molecule has 1 aromatic heterocycles. The second kappa shape index (κ2) is 5.70. The monoisotopic (exact) mass is 366 g/mol. The van der Waals surface area contributed by atoms with Crippen LogP contribution < -0.4 is 10.2 Å². The lowest BCUT2D eigenvalue weighted by molar-refractivity contribution is -0.120. The van der Waals surface area contributed by atoms with Crippen molar-refractivity contribution in [1.29, 1.82) is 0 Å². The van der Waals surface area contributed by atoms with E-state index in [4.69, 9.17) is 0 Å². The Morgan fingerprint density at radius 2 is 1.85 bits per heavy atom. The van der Waals surface area contributed by atoms with E-state index in [0.717, 1.165) is 11.3 Å². The van der Waals surface area contributed by atoms with Gasteiger partial charge < -0.3 is 10.2 Å². The first kappa shape index (κ1) is 16.1. The minimum atomic E-state index is -2.75. The highest BCUT2D eigenvalue weighted by molar-refractivity contribution is 6.07. The van der Waals surface area contributed by atoms with Crippen LogP contribution >= 0.6 is 0 Å². The number of para-hydroxylation sites is 2. The maximum atomic E-state index is 13.3. The van der Waals surface area contributed by atoms with E-state index in [9.17, 15) is 13.6 Å². The van der Waals surface area contributed by atoms with Crippen molar-refractivity contribution in [1.82, 2.24) is 9.97 Å². The van der Waals surface area contributed by atoms with Crippen molar-refractivity contribution in [3.8, 4) is 0 Å². The number of alkyl halides is 2. The molecule has 0 bridgehead atoms. The number of rotatable bonds is 2. The first-order valence-corrected chi connectivity index (χ1v) is 8.79. The van der Waals surface area contributed by atoms with Crippen LogP contribution in [0.3, 0.4) is 0 Å². The SMILES string of the molecule is O=C1Nc2ccccc2C12CCN(c1nc(C(F)F)nc3ccccc13)C2. The average molecular weight is 366 g/mol. The largest absolute Gasteiger partial charge is 0.355 e.